The lowest BCUT2D eigenvalue weighted by Gasteiger charge is -2.23. The molecule has 2 N–H and O–H groups in total. The maximum absolute atomic E-state index is 12.0. The number of carbonyl (C=O) groups is 1. The Morgan fingerprint density at radius 2 is 2.15 bits per heavy atom. The summed E-state index contributed by atoms with van der Waals surface area (Å²) in [6.07, 6.45) is 0.717. The number of amides is 1. The molecule has 4 nitrogen and oxygen atoms in total. The van der Waals surface area contributed by atoms with Gasteiger partial charge in [-0.15, -0.1) is 0 Å². The molecule has 0 saturated carbocycles. The molecule has 20 heavy (non-hydrogen) atoms. The van der Waals surface area contributed by atoms with Gasteiger partial charge in [-0.05, 0) is 63.8 Å². The van der Waals surface area contributed by atoms with E-state index in [4.69, 9.17) is 4.74 Å². The summed E-state index contributed by atoms with van der Waals surface area (Å²) >= 11 is 0. The third-order valence-corrected chi connectivity index (χ3v) is 3.34. The van der Waals surface area contributed by atoms with E-state index in [0.29, 0.717) is 5.75 Å². The van der Waals surface area contributed by atoms with Crippen LogP contribution in [0.5, 0.6) is 5.75 Å². The molecular formula is C16H23NO3. The fourth-order valence-corrected chi connectivity index (χ4v) is 2.37. The first-order valence-corrected chi connectivity index (χ1v) is 7.06. The van der Waals surface area contributed by atoms with Gasteiger partial charge in [0.05, 0.1) is 6.10 Å². The largest absolute Gasteiger partial charge is 0.481 e. The normalized spacial score (nSPS) is 19.4. The Morgan fingerprint density at radius 3 is 2.80 bits per heavy atom. The Balaban J connectivity index is 2.02. The quantitative estimate of drug-likeness (QED) is 0.891. The first-order valence-electron chi connectivity index (χ1n) is 7.06. The lowest BCUT2D eigenvalue weighted by Crippen LogP contribution is -2.46. The summed E-state index contributed by atoms with van der Waals surface area (Å²) in [4.78, 5) is 12.0. The zero-order valence-corrected chi connectivity index (χ0v) is 12.6. The van der Waals surface area contributed by atoms with E-state index in [1.165, 1.54) is 0 Å². The fourth-order valence-electron chi connectivity index (χ4n) is 2.37. The number of nitrogens with one attached hydrogen (secondary N) is 1. The van der Waals surface area contributed by atoms with Gasteiger partial charge in [0.15, 0.2) is 6.10 Å². The lowest BCUT2D eigenvalue weighted by molar-refractivity contribution is -0.128. The molecule has 0 bridgehead atoms. The van der Waals surface area contributed by atoms with E-state index >= 15 is 0 Å². The molecule has 1 aromatic rings. The predicted molar refractivity (Wildman–Crippen MR) is 77.7 cm³/mol. The van der Waals surface area contributed by atoms with E-state index in [1.54, 1.807) is 6.92 Å². The molecule has 0 radical (unpaired) electrons. The Hall–Kier alpha value is -1.55. The predicted octanol–water partition coefficient (Wildman–Crippen LogP) is 2.35. The van der Waals surface area contributed by atoms with E-state index in [-0.39, 0.29) is 17.6 Å². The van der Waals surface area contributed by atoms with Crippen molar-refractivity contribution in [2.24, 2.45) is 0 Å². The summed E-state index contributed by atoms with van der Waals surface area (Å²) in [5, 5.41) is 12.7. The molecule has 0 heterocycles. The van der Waals surface area contributed by atoms with Crippen LogP contribution in [0.1, 0.15) is 51.3 Å². The van der Waals surface area contributed by atoms with Crippen LogP contribution in [0.4, 0.5) is 0 Å². The number of hydrogen-bond acceptors (Lipinski definition) is 3. The number of aliphatic hydroxyl groups is 1. The second-order valence-electron chi connectivity index (χ2n) is 6.41. The standard InChI is InChI=1S/C16H23NO3/c1-10(15(19)17-16(2,3)4)20-12-6-7-13-11(9-12)5-8-14(13)18/h6-7,9-10,14,18H,5,8H2,1-4H3,(H,17,19)/t10?,14-/m1/s1. The smallest absolute Gasteiger partial charge is 0.261 e. The molecule has 0 saturated heterocycles. The van der Waals surface area contributed by atoms with Crippen LogP contribution in [0.25, 0.3) is 0 Å². The van der Waals surface area contributed by atoms with Crippen molar-refractivity contribution < 1.29 is 14.6 Å². The molecule has 4 heteroatoms. The van der Waals surface area contributed by atoms with Crippen LogP contribution in [0, 0.1) is 0 Å². The van der Waals surface area contributed by atoms with Gasteiger partial charge >= 0.3 is 0 Å². The average molecular weight is 277 g/mol. The van der Waals surface area contributed by atoms with Gasteiger partial charge in [0.25, 0.3) is 5.91 Å². The summed E-state index contributed by atoms with van der Waals surface area (Å²) < 4.78 is 5.69. The minimum absolute atomic E-state index is 0.127. The van der Waals surface area contributed by atoms with Crippen molar-refractivity contribution in [2.75, 3.05) is 0 Å². The van der Waals surface area contributed by atoms with E-state index in [9.17, 15) is 9.90 Å². The second-order valence-corrected chi connectivity index (χ2v) is 6.41. The van der Waals surface area contributed by atoms with Gasteiger partial charge in [-0.1, -0.05) is 6.07 Å². The lowest BCUT2D eigenvalue weighted by atomic mass is 10.1. The summed E-state index contributed by atoms with van der Waals surface area (Å²) in [5.41, 5.74) is 1.82. The minimum atomic E-state index is -0.543. The average Bonchev–Trinajstić information content (AvgIpc) is 2.68. The van der Waals surface area contributed by atoms with Crippen molar-refractivity contribution in [3.05, 3.63) is 29.3 Å². The molecule has 1 unspecified atom stereocenters. The Morgan fingerprint density at radius 1 is 1.45 bits per heavy atom. The van der Waals surface area contributed by atoms with Crippen molar-refractivity contribution in [3.8, 4) is 5.75 Å². The monoisotopic (exact) mass is 277 g/mol. The molecule has 0 aliphatic heterocycles. The summed E-state index contributed by atoms with van der Waals surface area (Å²) in [7, 11) is 0. The van der Waals surface area contributed by atoms with Crippen molar-refractivity contribution in [1.29, 1.82) is 0 Å². The summed E-state index contributed by atoms with van der Waals surface area (Å²) in [6, 6.07) is 5.62. The van der Waals surface area contributed by atoms with Gasteiger partial charge in [0, 0.05) is 5.54 Å². The molecule has 0 fully saturated rings. The Labute approximate surface area is 120 Å². The highest BCUT2D eigenvalue weighted by Crippen LogP contribution is 2.33. The molecule has 1 amide bonds. The minimum Gasteiger partial charge on any atom is -0.481 e. The van der Waals surface area contributed by atoms with Crippen LogP contribution >= 0.6 is 0 Å². The number of aliphatic hydroxyl groups excluding tert-OH is 1. The highest BCUT2D eigenvalue weighted by atomic mass is 16.5. The molecule has 2 atom stereocenters. The van der Waals surface area contributed by atoms with Crippen LogP contribution < -0.4 is 10.1 Å². The van der Waals surface area contributed by atoms with Crippen molar-refractivity contribution in [1.82, 2.24) is 5.32 Å². The molecule has 2 rings (SSSR count). The van der Waals surface area contributed by atoms with E-state index in [1.807, 2.05) is 39.0 Å². The molecule has 1 aliphatic rings. The number of rotatable bonds is 3. The second kappa shape index (κ2) is 5.44. The number of hydrogen-bond donors (Lipinski definition) is 2. The zero-order valence-electron chi connectivity index (χ0n) is 12.6. The Bertz CT molecular complexity index is 505. The molecule has 0 aromatic heterocycles. The van der Waals surface area contributed by atoms with Crippen LogP contribution in [-0.2, 0) is 11.2 Å². The van der Waals surface area contributed by atoms with E-state index in [2.05, 4.69) is 5.32 Å². The molecule has 1 aromatic carbocycles. The highest BCUT2D eigenvalue weighted by Gasteiger charge is 2.23. The van der Waals surface area contributed by atoms with Crippen molar-refractivity contribution in [2.45, 2.75) is 58.3 Å². The van der Waals surface area contributed by atoms with E-state index in [0.717, 1.165) is 24.0 Å². The topological polar surface area (TPSA) is 58.6 Å². The first-order chi connectivity index (χ1) is 9.26. The fraction of sp³-hybridized carbons (Fsp3) is 0.562. The number of aryl methyl sites for hydroxylation is 1. The maximum atomic E-state index is 12.0. The third-order valence-electron chi connectivity index (χ3n) is 3.34. The highest BCUT2D eigenvalue weighted by molar-refractivity contribution is 5.81. The van der Waals surface area contributed by atoms with Crippen LogP contribution in [0.3, 0.4) is 0 Å². The molecule has 1 aliphatic carbocycles. The van der Waals surface area contributed by atoms with Gasteiger partial charge in [0.1, 0.15) is 5.75 Å². The summed E-state index contributed by atoms with van der Waals surface area (Å²) in [6.45, 7) is 7.56. The third kappa shape index (κ3) is 3.51. The molecule has 0 spiro atoms. The van der Waals surface area contributed by atoms with E-state index < -0.39 is 6.10 Å². The zero-order chi connectivity index (χ0) is 14.9. The van der Waals surface area contributed by atoms with Crippen LogP contribution in [0.2, 0.25) is 0 Å². The SMILES string of the molecule is CC(Oc1ccc2c(c1)CC[C@H]2O)C(=O)NC(C)(C)C. The van der Waals surface area contributed by atoms with Gasteiger partial charge < -0.3 is 15.2 Å². The summed E-state index contributed by atoms with van der Waals surface area (Å²) in [5.74, 6) is 0.549. The number of fused-ring (bicyclic) bond motifs is 1. The van der Waals surface area contributed by atoms with Crippen molar-refractivity contribution >= 4 is 5.91 Å². The Kier molecular flexibility index (Phi) is 4.04. The molecular weight excluding hydrogens is 254 g/mol. The number of carbonyl (C=O) groups excluding carboxylic acids is 1. The van der Waals surface area contributed by atoms with Gasteiger partial charge in [-0.2, -0.15) is 0 Å². The first kappa shape index (κ1) is 14.9. The number of benzene rings is 1. The van der Waals surface area contributed by atoms with Gasteiger partial charge in [-0.3, -0.25) is 4.79 Å². The van der Waals surface area contributed by atoms with Gasteiger partial charge in [0.2, 0.25) is 0 Å². The van der Waals surface area contributed by atoms with Crippen LogP contribution in [-0.4, -0.2) is 22.7 Å². The number of ether oxygens (including phenoxy) is 1. The van der Waals surface area contributed by atoms with Crippen LogP contribution in [0.15, 0.2) is 18.2 Å². The van der Waals surface area contributed by atoms with Crippen molar-refractivity contribution in [3.63, 3.8) is 0 Å². The van der Waals surface area contributed by atoms with Gasteiger partial charge in [-0.25, -0.2) is 0 Å². The maximum Gasteiger partial charge on any atom is 0.261 e. The molecule has 110 valence electrons.